The Morgan fingerprint density at radius 1 is 1.48 bits per heavy atom. The summed E-state index contributed by atoms with van der Waals surface area (Å²) in [6.07, 6.45) is 0.750. The van der Waals surface area contributed by atoms with E-state index in [9.17, 15) is 9.59 Å². The fourth-order valence-electron chi connectivity index (χ4n) is 2.43. The van der Waals surface area contributed by atoms with E-state index >= 15 is 0 Å². The normalized spacial score (nSPS) is 17.3. The molecule has 2 rings (SSSR count). The van der Waals surface area contributed by atoms with Crippen LogP contribution >= 0.6 is 0 Å². The fraction of sp³-hybridized carbons (Fsp3) is 0.533. The maximum atomic E-state index is 12.8. The van der Waals surface area contributed by atoms with E-state index in [0.29, 0.717) is 24.5 Å². The number of nitrogens with one attached hydrogen (secondary N) is 2. The van der Waals surface area contributed by atoms with Crippen molar-refractivity contribution in [1.29, 1.82) is 0 Å². The molecule has 2 amide bonds. The first kappa shape index (κ1) is 15.3. The maximum absolute atomic E-state index is 12.8. The number of pyridine rings is 1. The smallest absolute Gasteiger partial charge is 0.254 e. The molecule has 0 bridgehead atoms. The summed E-state index contributed by atoms with van der Waals surface area (Å²) in [5, 5.41) is 5.76. The van der Waals surface area contributed by atoms with Crippen LogP contribution in [0.4, 0.5) is 5.82 Å². The SMILES string of the molecule is CCc1cc(C(=O)N2CCNC(=O)C2(C)C)cc(NC)n1. The van der Waals surface area contributed by atoms with Gasteiger partial charge in [-0.3, -0.25) is 9.59 Å². The minimum Gasteiger partial charge on any atom is -0.373 e. The highest BCUT2D eigenvalue weighted by atomic mass is 16.2. The van der Waals surface area contributed by atoms with Gasteiger partial charge in [-0.2, -0.15) is 0 Å². The number of amides is 2. The standard InChI is InChI=1S/C15H22N4O2/c1-5-11-8-10(9-12(16-4)18-11)13(20)19-7-6-17-14(21)15(19,2)3/h8-9H,5-7H2,1-4H3,(H,16,18)(H,17,21). The van der Waals surface area contributed by atoms with Crippen LogP contribution in [0.25, 0.3) is 0 Å². The lowest BCUT2D eigenvalue weighted by molar-refractivity contribution is -0.133. The van der Waals surface area contributed by atoms with Gasteiger partial charge in [0, 0.05) is 31.4 Å². The van der Waals surface area contributed by atoms with E-state index in [1.54, 1.807) is 37.9 Å². The third-order valence-electron chi connectivity index (χ3n) is 3.84. The van der Waals surface area contributed by atoms with Crippen molar-refractivity contribution in [2.75, 3.05) is 25.5 Å². The molecule has 1 aromatic heterocycles. The number of carbonyl (C=O) groups is 2. The number of hydrogen-bond donors (Lipinski definition) is 2. The van der Waals surface area contributed by atoms with Crippen molar-refractivity contribution in [2.24, 2.45) is 0 Å². The summed E-state index contributed by atoms with van der Waals surface area (Å²) in [7, 11) is 1.77. The third-order valence-corrected chi connectivity index (χ3v) is 3.84. The Morgan fingerprint density at radius 3 is 2.81 bits per heavy atom. The van der Waals surface area contributed by atoms with Crippen molar-refractivity contribution in [2.45, 2.75) is 32.7 Å². The third kappa shape index (κ3) is 2.84. The van der Waals surface area contributed by atoms with Crippen LogP contribution in [0.1, 0.15) is 36.8 Å². The second-order valence-electron chi connectivity index (χ2n) is 5.61. The summed E-state index contributed by atoms with van der Waals surface area (Å²) in [5.74, 6) is 0.404. The van der Waals surface area contributed by atoms with Crippen molar-refractivity contribution in [1.82, 2.24) is 15.2 Å². The Balaban J connectivity index is 2.37. The summed E-state index contributed by atoms with van der Waals surface area (Å²) in [6.45, 7) is 6.52. The lowest BCUT2D eigenvalue weighted by Gasteiger charge is -2.41. The van der Waals surface area contributed by atoms with E-state index in [1.165, 1.54) is 0 Å². The Hall–Kier alpha value is -2.11. The van der Waals surface area contributed by atoms with Crippen molar-refractivity contribution < 1.29 is 9.59 Å². The van der Waals surface area contributed by atoms with Gasteiger partial charge in [0.15, 0.2) is 0 Å². The zero-order valence-electron chi connectivity index (χ0n) is 13.0. The minimum absolute atomic E-state index is 0.124. The first-order valence-corrected chi connectivity index (χ1v) is 7.19. The van der Waals surface area contributed by atoms with Crippen molar-refractivity contribution >= 4 is 17.6 Å². The Labute approximate surface area is 124 Å². The topological polar surface area (TPSA) is 74.3 Å². The van der Waals surface area contributed by atoms with Crippen LogP contribution in [-0.2, 0) is 11.2 Å². The summed E-state index contributed by atoms with van der Waals surface area (Å²) < 4.78 is 0. The number of rotatable bonds is 3. The Bertz CT molecular complexity index is 547. The number of carbonyl (C=O) groups excluding carboxylic acids is 2. The van der Waals surface area contributed by atoms with Gasteiger partial charge in [-0.25, -0.2) is 4.98 Å². The minimum atomic E-state index is -0.842. The number of anilines is 1. The molecule has 6 heteroatoms. The average molecular weight is 290 g/mol. The zero-order chi connectivity index (χ0) is 15.6. The lowest BCUT2D eigenvalue weighted by Crippen LogP contribution is -2.63. The van der Waals surface area contributed by atoms with Gasteiger partial charge in [-0.05, 0) is 32.4 Å². The molecule has 1 fully saturated rings. The van der Waals surface area contributed by atoms with E-state index in [4.69, 9.17) is 0 Å². The first-order valence-electron chi connectivity index (χ1n) is 7.19. The van der Waals surface area contributed by atoms with Crippen molar-refractivity contribution in [3.63, 3.8) is 0 Å². The highest BCUT2D eigenvalue weighted by Crippen LogP contribution is 2.22. The van der Waals surface area contributed by atoms with Crippen LogP contribution in [-0.4, -0.2) is 47.4 Å². The predicted molar refractivity (Wildman–Crippen MR) is 81.3 cm³/mol. The molecule has 1 aromatic rings. The molecular formula is C15H22N4O2. The summed E-state index contributed by atoms with van der Waals surface area (Å²) in [6, 6.07) is 3.52. The van der Waals surface area contributed by atoms with Gasteiger partial charge in [0.05, 0.1) is 0 Å². The van der Waals surface area contributed by atoms with Gasteiger partial charge in [0.25, 0.3) is 5.91 Å². The number of aromatic nitrogens is 1. The fourth-order valence-corrected chi connectivity index (χ4v) is 2.43. The zero-order valence-corrected chi connectivity index (χ0v) is 13.0. The number of nitrogens with zero attached hydrogens (tertiary/aromatic N) is 2. The molecule has 0 saturated carbocycles. The molecule has 21 heavy (non-hydrogen) atoms. The largest absolute Gasteiger partial charge is 0.373 e. The van der Waals surface area contributed by atoms with E-state index in [1.807, 2.05) is 6.92 Å². The van der Waals surface area contributed by atoms with Crippen molar-refractivity contribution in [3.05, 3.63) is 23.4 Å². The molecule has 0 unspecified atom stereocenters. The van der Waals surface area contributed by atoms with Crippen LogP contribution in [0.15, 0.2) is 12.1 Å². The molecule has 1 aliphatic heterocycles. The quantitative estimate of drug-likeness (QED) is 0.872. The molecule has 0 aliphatic carbocycles. The van der Waals surface area contributed by atoms with Crippen molar-refractivity contribution in [3.8, 4) is 0 Å². The number of piperazine rings is 1. The summed E-state index contributed by atoms with van der Waals surface area (Å²) >= 11 is 0. The van der Waals surface area contributed by atoms with E-state index < -0.39 is 5.54 Å². The van der Waals surface area contributed by atoms with E-state index in [0.717, 1.165) is 12.1 Å². The maximum Gasteiger partial charge on any atom is 0.254 e. The molecule has 0 radical (unpaired) electrons. The predicted octanol–water partition coefficient (Wildman–Crippen LogP) is 1.04. The summed E-state index contributed by atoms with van der Waals surface area (Å²) in [4.78, 5) is 30.8. The molecule has 2 heterocycles. The average Bonchev–Trinajstić information content (AvgIpc) is 2.48. The van der Waals surface area contributed by atoms with Gasteiger partial charge < -0.3 is 15.5 Å². The molecule has 0 aromatic carbocycles. The second kappa shape index (κ2) is 5.71. The van der Waals surface area contributed by atoms with Gasteiger partial charge in [0.2, 0.25) is 5.91 Å². The Morgan fingerprint density at radius 2 is 2.19 bits per heavy atom. The molecule has 2 N–H and O–H groups in total. The van der Waals surface area contributed by atoms with Gasteiger partial charge >= 0.3 is 0 Å². The van der Waals surface area contributed by atoms with Gasteiger partial charge in [0.1, 0.15) is 11.4 Å². The summed E-state index contributed by atoms with van der Waals surface area (Å²) in [5.41, 5.74) is 0.573. The first-order chi connectivity index (χ1) is 9.90. The molecule has 1 saturated heterocycles. The van der Waals surface area contributed by atoms with Crippen LogP contribution in [0.5, 0.6) is 0 Å². The van der Waals surface area contributed by atoms with Crippen LogP contribution in [0.2, 0.25) is 0 Å². The lowest BCUT2D eigenvalue weighted by atomic mass is 9.97. The Kier molecular flexibility index (Phi) is 4.16. The molecular weight excluding hydrogens is 268 g/mol. The second-order valence-corrected chi connectivity index (χ2v) is 5.61. The van der Waals surface area contributed by atoms with E-state index in [2.05, 4.69) is 15.6 Å². The van der Waals surface area contributed by atoms with Crippen LogP contribution in [0.3, 0.4) is 0 Å². The number of aryl methyl sites for hydroxylation is 1. The van der Waals surface area contributed by atoms with Gasteiger partial charge in [-0.1, -0.05) is 6.92 Å². The monoisotopic (exact) mass is 290 g/mol. The number of hydrogen-bond acceptors (Lipinski definition) is 4. The molecule has 0 spiro atoms. The highest BCUT2D eigenvalue weighted by Gasteiger charge is 2.40. The van der Waals surface area contributed by atoms with Crippen LogP contribution in [0, 0.1) is 0 Å². The molecule has 114 valence electrons. The van der Waals surface area contributed by atoms with Crippen LogP contribution < -0.4 is 10.6 Å². The molecule has 1 aliphatic rings. The molecule has 6 nitrogen and oxygen atoms in total. The highest BCUT2D eigenvalue weighted by molar-refractivity contribution is 6.00. The molecule has 0 atom stereocenters. The van der Waals surface area contributed by atoms with Gasteiger partial charge in [-0.15, -0.1) is 0 Å². The van der Waals surface area contributed by atoms with E-state index in [-0.39, 0.29) is 11.8 Å².